The molecule has 1 aromatic rings. The van der Waals surface area contributed by atoms with Gasteiger partial charge in [-0.15, -0.1) is 0 Å². The van der Waals surface area contributed by atoms with Crippen LogP contribution in [0.25, 0.3) is 0 Å². The Labute approximate surface area is 76.0 Å². The highest BCUT2D eigenvalue weighted by Crippen LogP contribution is 2.32. The zero-order valence-corrected chi connectivity index (χ0v) is 7.37. The number of alkyl halides is 2. The van der Waals surface area contributed by atoms with Gasteiger partial charge in [0.2, 0.25) is 0 Å². The van der Waals surface area contributed by atoms with Crippen molar-refractivity contribution in [2.45, 2.75) is 25.4 Å². The Balaban J connectivity index is 2.81. The van der Waals surface area contributed by atoms with Crippen molar-refractivity contribution in [2.24, 2.45) is 0 Å². The quantitative estimate of drug-likeness (QED) is 0.769. The number of aliphatic hydroxyl groups excluding tert-OH is 1. The van der Waals surface area contributed by atoms with Crippen molar-refractivity contribution in [1.82, 2.24) is 0 Å². The van der Waals surface area contributed by atoms with E-state index in [2.05, 4.69) is 0 Å². The third-order valence-electron chi connectivity index (χ3n) is 1.75. The van der Waals surface area contributed by atoms with Crippen molar-refractivity contribution in [1.29, 1.82) is 0 Å². The second-order valence-electron chi connectivity index (χ2n) is 3.12. The first-order chi connectivity index (χ1) is 6.02. The normalized spacial score (nSPS) is 14.2. The summed E-state index contributed by atoms with van der Waals surface area (Å²) in [7, 11) is 0. The summed E-state index contributed by atoms with van der Waals surface area (Å²) in [6.07, 6.45) is -1.52. The summed E-state index contributed by atoms with van der Waals surface area (Å²) in [5, 5.41) is 8.87. The van der Waals surface area contributed by atoms with E-state index in [0.717, 1.165) is 0 Å². The van der Waals surface area contributed by atoms with Crippen LogP contribution in [-0.2, 0) is 5.92 Å². The van der Waals surface area contributed by atoms with E-state index >= 15 is 0 Å². The first kappa shape index (κ1) is 10.1. The lowest BCUT2D eigenvalue weighted by Gasteiger charge is -2.17. The van der Waals surface area contributed by atoms with Gasteiger partial charge in [0, 0.05) is 12.0 Å². The Kier molecular flexibility index (Phi) is 2.98. The Morgan fingerprint density at radius 1 is 1.31 bits per heavy atom. The van der Waals surface area contributed by atoms with E-state index in [1.165, 1.54) is 19.1 Å². The molecule has 3 heteroatoms. The van der Waals surface area contributed by atoms with Crippen LogP contribution < -0.4 is 0 Å². The SMILES string of the molecule is C[C@H](O)CC(F)(F)c1ccccc1. The predicted octanol–water partition coefficient (Wildman–Crippen LogP) is 2.55. The minimum atomic E-state index is -2.94. The van der Waals surface area contributed by atoms with Crippen molar-refractivity contribution in [3.63, 3.8) is 0 Å². The average Bonchev–Trinajstić information content (AvgIpc) is 2.04. The number of aliphatic hydroxyl groups is 1. The van der Waals surface area contributed by atoms with E-state index in [1.807, 2.05) is 0 Å². The molecular formula is C10H12F2O. The van der Waals surface area contributed by atoms with Gasteiger partial charge in [-0.25, -0.2) is 8.78 Å². The summed E-state index contributed by atoms with van der Waals surface area (Å²) in [6.45, 7) is 1.36. The molecule has 1 atom stereocenters. The lowest BCUT2D eigenvalue weighted by molar-refractivity contribution is -0.0457. The zero-order valence-electron chi connectivity index (χ0n) is 7.37. The van der Waals surface area contributed by atoms with Crippen molar-refractivity contribution < 1.29 is 13.9 Å². The monoisotopic (exact) mass is 186 g/mol. The Morgan fingerprint density at radius 3 is 2.31 bits per heavy atom. The molecule has 0 saturated carbocycles. The fourth-order valence-corrected chi connectivity index (χ4v) is 1.17. The highest BCUT2D eigenvalue weighted by Gasteiger charge is 2.32. The summed E-state index contributed by atoms with van der Waals surface area (Å²) in [6, 6.07) is 7.53. The minimum Gasteiger partial charge on any atom is -0.393 e. The van der Waals surface area contributed by atoms with Gasteiger partial charge in [0.05, 0.1) is 6.10 Å². The van der Waals surface area contributed by atoms with Gasteiger partial charge in [-0.2, -0.15) is 0 Å². The highest BCUT2D eigenvalue weighted by molar-refractivity contribution is 5.19. The molecule has 0 bridgehead atoms. The Hall–Kier alpha value is -0.960. The van der Waals surface area contributed by atoms with Crippen molar-refractivity contribution in [3.8, 4) is 0 Å². The number of hydrogen-bond acceptors (Lipinski definition) is 1. The lowest BCUT2D eigenvalue weighted by Crippen LogP contribution is -2.19. The topological polar surface area (TPSA) is 20.2 Å². The van der Waals surface area contributed by atoms with E-state index in [0.29, 0.717) is 0 Å². The predicted molar refractivity (Wildman–Crippen MR) is 46.6 cm³/mol. The maximum Gasteiger partial charge on any atom is 0.275 e. The smallest absolute Gasteiger partial charge is 0.275 e. The molecule has 72 valence electrons. The molecule has 0 radical (unpaired) electrons. The fourth-order valence-electron chi connectivity index (χ4n) is 1.17. The van der Waals surface area contributed by atoms with Gasteiger partial charge in [-0.3, -0.25) is 0 Å². The first-order valence-electron chi connectivity index (χ1n) is 4.14. The van der Waals surface area contributed by atoms with Gasteiger partial charge in [0.25, 0.3) is 5.92 Å². The molecule has 0 saturated heterocycles. The molecule has 0 amide bonds. The van der Waals surface area contributed by atoms with Crippen LogP contribution in [0, 0.1) is 0 Å². The summed E-state index contributed by atoms with van der Waals surface area (Å²) >= 11 is 0. The summed E-state index contributed by atoms with van der Waals surface area (Å²) in [4.78, 5) is 0. The molecule has 1 nitrogen and oxygen atoms in total. The fraction of sp³-hybridized carbons (Fsp3) is 0.400. The number of halogens is 2. The molecule has 0 heterocycles. The van der Waals surface area contributed by atoms with Gasteiger partial charge in [0.15, 0.2) is 0 Å². The van der Waals surface area contributed by atoms with Gasteiger partial charge in [-0.05, 0) is 6.92 Å². The van der Waals surface area contributed by atoms with Crippen molar-refractivity contribution >= 4 is 0 Å². The molecule has 0 spiro atoms. The molecule has 0 aliphatic rings. The van der Waals surface area contributed by atoms with E-state index in [9.17, 15) is 8.78 Å². The van der Waals surface area contributed by atoms with Crippen LogP contribution in [0.2, 0.25) is 0 Å². The molecule has 0 unspecified atom stereocenters. The molecule has 0 aliphatic carbocycles. The highest BCUT2D eigenvalue weighted by atomic mass is 19.3. The van der Waals surface area contributed by atoms with E-state index in [1.54, 1.807) is 18.2 Å². The third-order valence-corrected chi connectivity index (χ3v) is 1.75. The third kappa shape index (κ3) is 2.77. The van der Waals surface area contributed by atoms with E-state index in [-0.39, 0.29) is 5.56 Å². The van der Waals surface area contributed by atoms with Crippen LogP contribution >= 0.6 is 0 Å². The molecule has 0 aromatic heterocycles. The molecule has 1 aromatic carbocycles. The Morgan fingerprint density at radius 2 is 1.85 bits per heavy atom. The largest absolute Gasteiger partial charge is 0.393 e. The van der Waals surface area contributed by atoms with Crippen LogP contribution in [0.5, 0.6) is 0 Å². The molecule has 0 aliphatic heterocycles. The van der Waals surface area contributed by atoms with Gasteiger partial charge in [0.1, 0.15) is 0 Å². The second kappa shape index (κ2) is 3.83. The maximum absolute atomic E-state index is 13.2. The molecular weight excluding hydrogens is 174 g/mol. The van der Waals surface area contributed by atoms with E-state index < -0.39 is 18.4 Å². The van der Waals surface area contributed by atoms with Crippen LogP contribution in [0.1, 0.15) is 18.9 Å². The second-order valence-corrected chi connectivity index (χ2v) is 3.12. The van der Waals surface area contributed by atoms with E-state index in [4.69, 9.17) is 5.11 Å². The number of hydrogen-bond donors (Lipinski definition) is 1. The summed E-state index contributed by atoms with van der Waals surface area (Å²) in [5.41, 5.74) is -0.0455. The lowest BCUT2D eigenvalue weighted by atomic mass is 10.0. The Bertz CT molecular complexity index is 257. The van der Waals surface area contributed by atoms with Gasteiger partial charge in [-0.1, -0.05) is 30.3 Å². The maximum atomic E-state index is 13.2. The van der Waals surface area contributed by atoms with Gasteiger partial charge < -0.3 is 5.11 Å². The molecule has 0 fully saturated rings. The van der Waals surface area contributed by atoms with Crippen LogP contribution in [-0.4, -0.2) is 11.2 Å². The minimum absolute atomic E-state index is 0.0455. The standard InChI is InChI=1S/C10H12F2O/c1-8(13)7-10(11,12)9-5-3-2-4-6-9/h2-6,8,13H,7H2,1H3/t8-/m0/s1. The zero-order chi connectivity index (χ0) is 9.90. The number of benzene rings is 1. The van der Waals surface area contributed by atoms with Crippen molar-refractivity contribution in [3.05, 3.63) is 35.9 Å². The van der Waals surface area contributed by atoms with Crippen LogP contribution in [0.4, 0.5) is 8.78 Å². The summed E-state index contributed by atoms with van der Waals surface area (Å²) < 4.78 is 26.5. The average molecular weight is 186 g/mol. The molecule has 1 N–H and O–H groups in total. The van der Waals surface area contributed by atoms with Crippen molar-refractivity contribution in [2.75, 3.05) is 0 Å². The molecule has 13 heavy (non-hydrogen) atoms. The van der Waals surface area contributed by atoms with Crippen LogP contribution in [0.15, 0.2) is 30.3 Å². The van der Waals surface area contributed by atoms with Gasteiger partial charge >= 0.3 is 0 Å². The first-order valence-corrected chi connectivity index (χ1v) is 4.14. The molecule has 1 rings (SSSR count). The summed E-state index contributed by atoms with van der Waals surface area (Å²) in [5.74, 6) is -2.94. The van der Waals surface area contributed by atoms with Crippen LogP contribution in [0.3, 0.4) is 0 Å². The number of rotatable bonds is 3.